The van der Waals surface area contributed by atoms with Gasteiger partial charge < -0.3 is 9.47 Å². The molecular formula is C41H27N4+. The number of aromatic nitrogens is 2. The van der Waals surface area contributed by atoms with Gasteiger partial charge in [0, 0.05) is 52.5 Å². The maximum atomic E-state index is 4.92. The van der Waals surface area contributed by atoms with E-state index in [0.717, 1.165) is 22.9 Å². The molecule has 0 amide bonds. The third kappa shape index (κ3) is 3.42. The molecular weight excluding hydrogens is 548 g/mol. The number of anilines is 2. The van der Waals surface area contributed by atoms with E-state index in [4.69, 9.17) is 4.98 Å². The lowest BCUT2D eigenvalue weighted by atomic mass is 9.86. The van der Waals surface area contributed by atoms with Crippen LogP contribution in [0.2, 0.25) is 0 Å². The number of hydrogen-bond donors (Lipinski definition) is 0. The number of nitrogens with zero attached hydrogens (tertiary/aromatic N) is 4. The fraction of sp³-hybridized carbons (Fsp3) is 0.0244. The van der Waals surface area contributed by atoms with Crippen molar-refractivity contribution >= 4 is 61.5 Å². The van der Waals surface area contributed by atoms with Gasteiger partial charge in [-0.3, -0.25) is 0 Å². The average molecular weight is 576 g/mol. The first-order valence-corrected chi connectivity index (χ1v) is 15.4. The fourth-order valence-corrected chi connectivity index (χ4v) is 7.59. The average Bonchev–Trinajstić information content (AvgIpc) is 3.63. The van der Waals surface area contributed by atoms with E-state index in [1.807, 2.05) is 6.20 Å². The van der Waals surface area contributed by atoms with Gasteiger partial charge in [-0.2, -0.15) is 4.58 Å². The second kappa shape index (κ2) is 9.25. The summed E-state index contributed by atoms with van der Waals surface area (Å²) in [4.78, 5) is 7.34. The maximum absolute atomic E-state index is 4.92. The van der Waals surface area contributed by atoms with E-state index in [9.17, 15) is 0 Å². The number of para-hydroxylation sites is 5. The van der Waals surface area contributed by atoms with E-state index in [1.54, 1.807) is 0 Å². The van der Waals surface area contributed by atoms with E-state index in [-0.39, 0.29) is 6.04 Å². The molecule has 0 spiro atoms. The Bertz CT molecular complexity index is 2370. The van der Waals surface area contributed by atoms with Crippen molar-refractivity contribution in [2.24, 2.45) is 0 Å². The summed E-state index contributed by atoms with van der Waals surface area (Å²) in [5, 5.41) is 2.55. The molecule has 1 unspecified atom stereocenters. The SMILES string of the molecule is C1=C(c2ccc(-n3c4ccccc4c4ccccc43)cc2)C=C2c3cccnc3N3c4ccccc4[N+](c4ccccc4)=C1C23. The summed E-state index contributed by atoms with van der Waals surface area (Å²) in [7, 11) is 0. The van der Waals surface area contributed by atoms with E-state index < -0.39 is 0 Å². The van der Waals surface area contributed by atoms with Crippen LogP contribution in [0.5, 0.6) is 0 Å². The van der Waals surface area contributed by atoms with Crippen LogP contribution in [0.3, 0.4) is 0 Å². The summed E-state index contributed by atoms with van der Waals surface area (Å²) in [6, 6.07) is 50.1. The zero-order valence-corrected chi connectivity index (χ0v) is 24.4. The molecule has 0 saturated heterocycles. The Morgan fingerprint density at radius 1 is 0.600 bits per heavy atom. The second-order valence-corrected chi connectivity index (χ2v) is 11.8. The molecule has 0 N–H and O–H groups in total. The van der Waals surface area contributed by atoms with Crippen LogP contribution in [-0.2, 0) is 0 Å². The zero-order chi connectivity index (χ0) is 29.5. The molecule has 4 heteroatoms. The van der Waals surface area contributed by atoms with Crippen LogP contribution in [-0.4, -0.2) is 21.3 Å². The second-order valence-electron chi connectivity index (χ2n) is 11.8. The van der Waals surface area contributed by atoms with Gasteiger partial charge in [-0.05, 0) is 65.3 Å². The standard InChI is InChI=1S/C41H27N4/c1-2-11-29(12-3-1)44-37-18-8-9-19-38(37)45-40-34(33-15-10-24-42-41(33)45)25-28(26-39(40)44)27-20-22-30(23-21-27)43-35-16-6-4-13-31(35)32-14-5-7-17-36(32)43/h1-26,40H/q+1. The topological polar surface area (TPSA) is 24.1 Å². The van der Waals surface area contributed by atoms with Gasteiger partial charge in [-0.15, -0.1) is 0 Å². The first-order valence-electron chi connectivity index (χ1n) is 15.4. The zero-order valence-electron chi connectivity index (χ0n) is 24.4. The number of hydrogen-bond acceptors (Lipinski definition) is 2. The summed E-state index contributed by atoms with van der Waals surface area (Å²) in [6.45, 7) is 0. The van der Waals surface area contributed by atoms with Crippen LogP contribution in [0.4, 0.5) is 22.9 Å². The van der Waals surface area contributed by atoms with Crippen LogP contribution in [0.25, 0.3) is 38.6 Å². The Hall–Kier alpha value is -6.00. The minimum absolute atomic E-state index is 0.0469. The van der Waals surface area contributed by atoms with Crippen LogP contribution in [0.1, 0.15) is 11.1 Å². The van der Waals surface area contributed by atoms with Crippen molar-refractivity contribution in [3.05, 3.63) is 169 Å². The highest BCUT2D eigenvalue weighted by Crippen LogP contribution is 2.52. The molecule has 0 fully saturated rings. The number of allylic oxidation sites excluding steroid dienone is 2. The Morgan fingerprint density at radius 2 is 1.29 bits per heavy atom. The molecule has 0 saturated carbocycles. The predicted molar refractivity (Wildman–Crippen MR) is 186 cm³/mol. The lowest BCUT2D eigenvalue weighted by molar-refractivity contribution is 0.920. The molecule has 0 bridgehead atoms. The highest BCUT2D eigenvalue weighted by atomic mass is 15.3. The molecule has 4 heterocycles. The lowest BCUT2D eigenvalue weighted by Gasteiger charge is -2.32. The van der Waals surface area contributed by atoms with Crippen LogP contribution in [0.15, 0.2) is 158 Å². The molecule has 10 rings (SSSR count). The quantitative estimate of drug-likeness (QED) is 0.196. The highest BCUT2D eigenvalue weighted by Gasteiger charge is 2.49. The van der Waals surface area contributed by atoms with Crippen molar-refractivity contribution in [1.29, 1.82) is 0 Å². The molecule has 2 aliphatic heterocycles. The molecule has 45 heavy (non-hydrogen) atoms. The first-order chi connectivity index (χ1) is 22.3. The molecule has 7 aromatic rings. The Kier molecular flexibility index (Phi) is 5.02. The van der Waals surface area contributed by atoms with Gasteiger partial charge in [0.15, 0.2) is 0 Å². The molecule has 2 aromatic heterocycles. The summed E-state index contributed by atoms with van der Waals surface area (Å²) in [5.74, 6) is 1.02. The third-order valence-electron chi connectivity index (χ3n) is 9.47. The molecule has 1 aliphatic carbocycles. The van der Waals surface area contributed by atoms with Crippen LogP contribution in [0, 0.1) is 0 Å². The van der Waals surface area contributed by atoms with Gasteiger partial charge in [0.1, 0.15) is 17.5 Å². The summed E-state index contributed by atoms with van der Waals surface area (Å²) >= 11 is 0. The van der Waals surface area contributed by atoms with Crippen LogP contribution < -0.4 is 9.48 Å². The molecule has 210 valence electrons. The smallest absolute Gasteiger partial charge is 0.235 e. The Balaban J connectivity index is 1.19. The van der Waals surface area contributed by atoms with Gasteiger partial charge >= 0.3 is 0 Å². The number of benzene rings is 5. The van der Waals surface area contributed by atoms with Crippen molar-refractivity contribution in [1.82, 2.24) is 14.1 Å². The van der Waals surface area contributed by atoms with Crippen molar-refractivity contribution in [2.45, 2.75) is 6.04 Å². The summed E-state index contributed by atoms with van der Waals surface area (Å²) < 4.78 is 4.81. The van der Waals surface area contributed by atoms with Gasteiger partial charge in [0.2, 0.25) is 17.1 Å². The van der Waals surface area contributed by atoms with Gasteiger partial charge in [-0.1, -0.05) is 78.9 Å². The van der Waals surface area contributed by atoms with Crippen molar-refractivity contribution < 1.29 is 0 Å². The predicted octanol–water partition coefficient (Wildman–Crippen LogP) is 9.47. The normalized spacial score (nSPS) is 16.4. The fourth-order valence-electron chi connectivity index (χ4n) is 7.59. The minimum atomic E-state index is 0.0469. The van der Waals surface area contributed by atoms with Gasteiger partial charge in [-0.25, -0.2) is 4.98 Å². The van der Waals surface area contributed by atoms with E-state index in [1.165, 1.54) is 55.5 Å². The molecule has 1 atom stereocenters. The third-order valence-corrected chi connectivity index (χ3v) is 9.47. The number of fused-ring (bicyclic) bond motifs is 8. The van der Waals surface area contributed by atoms with Crippen molar-refractivity contribution in [3.8, 4) is 5.69 Å². The number of pyridine rings is 1. The maximum Gasteiger partial charge on any atom is 0.235 e. The molecule has 5 aromatic carbocycles. The van der Waals surface area contributed by atoms with E-state index in [2.05, 4.69) is 166 Å². The highest BCUT2D eigenvalue weighted by molar-refractivity contribution is 6.24. The monoisotopic (exact) mass is 575 g/mol. The molecule has 0 radical (unpaired) electrons. The van der Waals surface area contributed by atoms with Crippen molar-refractivity contribution in [2.75, 3.05) is 4.90 Å². The lowest BCUT2D eigenvalue weighted by Crippen LogP contribution is -2.43. The van der Waals surface area contributed by atoms with E-state index >= 15 is 0 Å². The Morgan fingerprint density at radius 3 is 2.07 bits per heavy atom. The Labute approximate surface area is 260 Å². The first kappa shape index (κ1) is 24.4. The summed E-state index contributed by atoms with van der Waals surface area (Å²) in [6.07, 6.45) is 6.66. The van der Waals surface area contributed by atoms with Crippen LogP contribution >= 0.6 is 0 Å². The van der Waals surface area contributed by atoms with Gasteiger partial charge in [0.05, 0.1) is 11.0 Å². The molecule has 3 aliphatic rings. The minimum Gasteiger partial charge on any atom is -0.309 e. The number of rotatable bonds is 3. The van der Waals surface area contributed by atoms with Gasteiger partial charge in [0.25, 0.3) is 0 Å². The molecule has 4 nitrogen and oxygen atoms in total. The summed E-state index contributed by atoms with van der Waals surface area (Å²) in [5.41, 5.74) is 13.2. The van der Waals surface area contributed by atoms with E-state index in [0.29, 0.717) is 0 Å². The van der Waals surface area contributed by atoms with Crippen molar-refractivity contribution in [3.63, 3.8) is 0 Å². The largest absolute Gasteiger partial charge is 0.309 e.